The van der Waals surface area contributed by atoms with Crippen molar-refractivity contribution in [1.82, 2.24) is 20.2 Å². The van der Waals surface area contributed by atoms with E-state index in [9.17, 15) is 9.59 Å². The molecule has 9 nitrogen and oxygen atoms in total. The summed E-state index contributed by atoms with van der Waals surface area (Å²) >= 11 is 0. The topological polar surface area (TPSA) is 125 Å². The Morgan fingerprint density at radius 3 is 2.58 bits per heavy atom. The van der Waals surface area contributed by atoms with Gasteiger partial charge in [0.05, 0.1) is 12.8 Å². The minimum absolute atomic E-state index is 0.107. The van der Waals surface area contributed by atoms with Crippen molar-refractivity contribution in [3.05, 3.63) is 54.1 Å². The molecule has 1 heterocycles. The van der Waals surface area contributed by atoms with Gasteiger partial charge in [0.2, 0.25) is 17.6 Å². The van der Waals surface area contributed by atoms with Crippen LogP contribution < -0.4 is 15.8 Å². The van der Waals surface area contributed by atoms with Crippen LogP contribution in [0.3, 0.4) is 0 Å². The number of nitrogens with two attached hydrogens (primary N) is 1. The van der Waals surface area contributed by atoms with Gasteiger partial charge in [0.25, 0.3) is 0 Å². The predicted molar refractivity (Wildman–Crippen MR) is 93.4 cm³/mol. The normalized spacial score (nSPS) is 10.3. The Morgan fingerprint density at radius 1 is 1.15 bits per heavy atom. The first-order chi connectivity index (χ1) is 12.6. The van der Waals surface area contributed by atoms with E-state index in [1.807, 2.05) is 6.07 Å². The van der Waals surface area contributed by atoms with Gasteiger partial charge in [0, 0.05) is 11.1 Å². The highest BCUT2D eigenvalue weighted by atomic mass is 16.5. The number of hydrogen-bond donors (Lipinski definition) is 2. The van der Waals surface area contributed by atoms with Crippen molar-refractivity contribution >= 4 is 17.5 Å². The number of hydrogen-bond acceptors (Lipinski definition) is 6. The van der Waals surface area contributed by atoms with Gasteiger partial charge in [-0.1, -0.05) is 24.3 Å². The van der Waals surface area contributed by atoms with Crippen molar-refractivity contribution in [2.24, 2.45) is 5.73 Å². The van der Waals surface area contributed by atoms with E-state index >= 15 is 0 Å². The van der Waals surface area contributed by atoms with Gasteiger partial charge in [-0.25, -0.2) is 0 Å². The van der Waals surface area contributed by atoms with Gasteiger partial charge in [0.1, 0.15) is 12.3 Å². The molecule has 3 aromatic rings. The average molecular weight is 352 g/mol. The predicted octanol–water partition coefficient (Wildman–Crippen LogP) is 1.09. The summed E-state index contributed by atoms with van der Waals surface area (Å²) in [6.07, 6.45) is 0. The van der Waals surface area contributed by atoms with Gasteiger partial charge in [-0.2, -0.15) is 4.80 Å². The molecule has 0 fully saturated rings. The van der Waals surface area contributed by atoms with Crippen LogP contribution in [0.25, 0.3) is 11.4 Å². The fourth-order valence-electron chi connectivity index (χ4n) is 2.28. The summed E-state index contributed by atoms with van der Waals surface area (Å²) in [7, 11) is 1.53. The molecule has 3 N–H and O–H groups in total. The molecule has 0 unspecified atom stereocenters. The minimum Gasteiger partial charge on any atom is -0.495 e. The van der Waals surface area contributed by atoms with Crippen LogP contribution in [0.2, 0.25) is 0 Å². The number of amides is 2. The maximum absolute atomic E-state index is 12.2. The molecule has 132 valence electrons. The fraction of sp³-hybridized carbons (Fsp3) is 0.118. The molecule has 0 spiro atoms. The van der Waals surface area contributed by atoms with Gasteiger partial charge in [-0.05, 0) is 29.5 Å². The lowest BCUT2D eigenvalue weighted by molar-refractivity contribution is -0.117. The molecule has 3 rings (SSSR count). The number of tetrazole rings is 1. The van der Waals surface area contributed by atoms with E-state index in [-0.39, 0.29) is 12.5 Å². The standard InChI is InChI=1S/C17H16N6O3/c1-26-14-5-3-2-4-13(14)19-15(24)10-23-21-17(20-22-23)12-8-6-11(7-9-12)16(18)25/h2-9H,10H2,1H3,(H2,18,25)(H,19,24). The van der Waals surface area contributed by atoms with Gasteiger partial charge < -0.3 is 15.8 Å². The smallest absolute Gasteiger partial charge is 0.248 e. The Morgan fingerprint density at radius 2 is 1.88 bits per heavy atom. The summed E-state index contributed by atoms with van der Waals surface area (Å²) in [5.41, 5.74) is 6.81. The number of nitrogens with one attached hydrogen (secondary N) is 1. The summed E-state index contributed by atoms with van der Waals surface area (Å²) < 4.78 is 5.19. The van der Waals surface area contributed by atoms with Crippen molar-refractivity contribution in [2.45, 2.75) is 6.54 Å². The van der Waals surface area contributed by atoms with Gasteiger partial charge in [-0.3, -0.25) is 9.59 Å². The number of ether oxygens (including phenoxy) is 1. The number of rotatable bonds is 6. The fourth-order valence-corrected chi connectivity index (χ4v) is 2.28. The van der Waals surface area contributed by atoms with Crippen LogP contribution in [-0.2, 0) is 11.3 Å². The monoisotopic (exact) mass is 352 g/mol. The van der Waals surface area contributed by atoms with E-state index in [2.05, 4.69) is 20.7 Å². The molecular formula is C17H16N6O3. The van der Waals surface area contributed by atoms with Crippen LogP contribution in [0, 0.1) is 0 Å². The van der Waals surface area contributed by atoms with Crippen LogP contribution in [-0.4, -0.2) is 39.1 Å². The van der Waals surface area contributed by atoms with E-state index < -0.39 is 5.91 Å². The Bertz CT molecular complexity index is 936. The summed E-state index contributed by atoms with van der Waals surface area (Å²) in [5, 5.41) is 14.7. The molecule has 1 aromatic heterocycles. The van der Waals surface area contributed by atoms with E-state index in [0.717, 1.165) is 0 Å². The lowest BCUT2D eigenvalue weighted by Gasteiger charge is -2.09. The Labute approximate surface area is 148 Å². The highest BCUT2D eigenvalue weighted by Crippen LogP contribution is 2.22. The second-order valence-electron chi connectivity index (χ2n) is 5.33. The first kappa shape index (κ1) is 17.1. The maximum Gasteiger partial charge on any atom is 0.248 e. The average Bonchev–Trinajstić information content (AvgIpc) is 3.10. The number of anilines is 1. The van der Waals surface area contributed by atoms with E-state index in [1.165, 1.54) is 11.9 Å². The number of aromatic nitrogens is 4. The molecular weight excluding hydrogens is 336 g/mol. The molecule has 2 aromatic carbocycles. The first-order valence-corrected chi connectivity index (χ1v) is 7.68. The molecule has 0 aliphatic rings. The van der Waals surface area contributed by atoms with Crippen molar-refractivity contribution in [2.75, 3.05) is 12.4 Å². The minimum atomic E-state index is -0.513. The van der Waals surface area contributed by atoms with Crippen LogP contribution in [0.5, 0.6) is 5.75 Å². The first-order valence-electron chi connectivity index (χ1n) is 7.68. The van der Waals surface area contributed by atoms with Gasteiger partial charge in [0.15, 0.2) is 0 Å². The summed E-state index contributed by atoms with van der Waals surface area (Å²) in [6, 6.07) is 13.6. The Hall–Kier alpha value is -3.75. The number of methoxy groups -OCH3 is 1. The zero-order valence-corrected chi connectivity index (χ0v) is 13.9. The molecule has 2 amide bonds. The van der Waals surface area contributed by atoms with Crippen LogP contribution in [0.15, 0.2) is 48.5 Å². The molecule has 0 bridgehead atoms. The molecule has 26 heavy (non-hydrogen) atoms. The second-order valence-corrected chi connectivity index (χ2v) is 5.33. The van der Waals surface area contributed by atoms with Crippen LogP contribution in [0.1, 0.15) is 10.4 Å². The summed E-state index contributed by atoms with van der Waals surface area (Å²) in [6.45, 7) is -0.107. The van der Waals surface area contributed by atoms with Crippen LogP contribution >= 0.6 is 0 Å². The lowest BCUT2D eigenvalue weighted by atomic mass is 10.1. The van der Waals surface area contributed by atoms with E-state index in [0.29, 0.717) is 28.4 Å². The third-order valence-corrected chi connectivity index (χ3v) is 3.55. The number of nitrogens with zero attached hydrogens (tertiary/aromatic N) is 4. The van der Waals surface area contributed by atoms with Crippen LogP contribution in [0.4, 0.5) is 5.69 Å². The summed E-state index contributed by atoms with van der Waals surface area (Å²) in [4.78, 5) is 24.4. The second kappa shape index (κ2) is 7.43. The number of carbonyl (C=O) groups is 2. The van der Waals surface area contributed by atoms with Crippen molar-refractivity contribution < 1.29 is 14.3 Å². The molecule has 0 saturated heterocycles. The SMILES string of the molecule is COc1ccccc1NC(=O)Cn1nnc(-c2ccc(C(N)=O)cc2)n1. The molecule has 9 heteroatoms. The van der Waals surface area contributed by atoms with Crippen molar-refractivity contribution in [3.63, 3.8) is 0 Å². The molecule has 0 radical (unpaired) electrons. The highest BCUT2D eigenvalue weighted by molar-refractivity contribution is 5.93. The van der Waals surface area contributed by atoms with E-state index in [1.54, 1.807) is 42.5 Å². The third kappa shape index (κ3) is 3.83. The van der Waals surface area contributed by atoms with E-state index in [4.69, 9.17) is 10.5 Å². The van der Waals surface area contributed by atoms with Crippen molar-refractivity contribution in [3.8, 4) is 17.1 Å². The molecule has 0 saturated carbocycles. The molecule has 0 aliphatic heterocycles. The number of carbonyl (C=O) groups excluding carboxylic acids is 2. The van der Waals surface area contributed by atoms with Gasteiger partial charge >= 0.3 is 0 Å². The zero-order valence-electron chi connectivity index (χ0n) is 13.9. The third-order valence-electron chi connectivity index (χ3n) is 3.55. The quantitative estimate of drug-likeness (QED) is 0.684. The summed E-state index contributed by atoms with van der Waals surface area (Å²) in [5.74, 6) is 0.0671. The highest BCUT2D eigenvalue weighted by Gasteiger charge is 2.12. The maximum atomic E-state index is 12.2. The largest absolute Gasteiger partial charge is 0.495 e. The number of para-hydroxylation sites is 2. The lowest BCUT2D eigenvalue weighted by Crippen LogP contribution is -2.20. The number of benzene rings is 2. The van der Waals surface area contributed by atoms with Gasteiger partial charge in [-0.15, -0.1) is 10.2 Å². The Kier molecular flexibility index (Phi) is 4.88. The van der Waals surface area contributed by atoms with Crippen molar-refractivity contribution in [1.29, 1.82) is 0 Å². The number of primary amides is 1. The molecule has 0 atom stereocenters. The molecule has 0 aliphatic carbocycles. The zero-order chi connectivity index (χ0) is 18.5. The Balaban J connectivity index is 1.68.